The van der Waals surface area contributed by atoms with Crippen LogP contribution in [0, 0.1) is 35.3 Å². The fraction of sp³-hybridized carbons (Fsp3) is 0.500. The third-order valence-electron chi connectivity index (χ3n) is 2.96. The predicted octanol–water partition coefficient (Wildman–Crippen LogP) is 2.48. The molecule has 1 aromatic rings. The first kappa shape index (κ1) is 15.9. The van der Waals surface area contributed by atoms with Gasteiger partial charge in [-0.05, 0) is 32.0 Å². The average molecular weight is 277 g/mol. The molecule has 0 aliphatic rings. The van der Waals surface area contributed by atoms with Crippen molar-refractivity contribution in [2.45, 2.75) is 33.2 Å². The summed E-state index contributed by atoms with van der Waals surface area (Å²) in [7, 11) is 0. The minimum Gasteiger partial charge on any atom is -0.493 e. The number of nitriles is 1. The first-order valence-corrected chi connectivity index (χ1v) is 6.51. The Bertz CT molecular complexity index is 523. The Morgan fingerprint density at radius 1 is 1.45 bits per heavy atom. The van der Waals surface area contributed by atoms with Crippen LogP contribution in [0.1, 0.15) is 24.5 Å². The smallest absolute Gasteiger partial charge is 0.272 e. The molecule has 0 amide bonds. The molecule has 0 aliphatic heterocycles. The molecule has 0 aromatic heterocycles. The van der Waals surface area contributed by atoms with E-state index < -0.39 is 4.92 Å². The second-order valence-electron chi connectivity index (χ2n) is 4.54. The molecule has 0 spiro atoms. The van der Waals surface area contributed by atoms with Gasteiger partial charge in [0.05, 0.1) is 23.6 Å². The molecule has 0 radical (unpaired) electrons. The normalized spacial score (nSPS) is 11.7. The Balaban J connectivity index is 2.68. The molecule has 1 aromatic carbocycles. The van der Waals surface area contributed by atoms with Gasteiger partial charge in [-0.2, -0.15) is 5.26 Å². The van der Waals surface area contributed by atoms with Gasteiger partial charge in [0.2, 0.25) is 0 Å². The van der Waals surface area contributed by atoms with Crippen LogP contribution in [0.4, 0.5) is 5.69 Å². The van der Waals surface area contributed by atoms with E-state index in [2.05, 4.69) is 11.4 Å². The van der Waals surface area contributed by atoms with Gasteiger partial charge >= 0.3 is 0 Å². The van der Waals surface area contributed by atoms with Crippen LogP contribution in [0.25, 0.3) is 0 Å². The largest absolute Gasteiger partial charge is 0.493 e. The lowest BCUT2D eigenvalue weighted by atomic mass is 10.1. The van der Waals surface area contributed by atoms with E-state index in [4.69, 9.17) is 10.00 Å². The topological polar surface area (TPSA) is 88.2 Å². The fourth-order valence-corrected chi connectivity index (χ4v) is 1.87. The number of hydrogen-bond donors (Lipinski definition) is 1. The Hall–Kier alpha value is -2.13. The highest BCUT2D eigenvalue weighted by molar-refractivity contribution is 5.49. The number of aryl methyl sites for hydroxylation is 2. The summed E-state index contributed by atoms with van der Waals surface area (Å²) >= 11 is 0. The molecule has 6 nitrogen and oxygen atoms in total. The maximum atomic E-state index is 10.8. The Morgan fingerprint density at radius 3 is 2.70 bits per heavy atom. The van der Waals surface area contributed by atoms with Gasteiger partial charge < -0.3 is 10.1 Å². The maximum Gasteiger partial charge on any atom is 0.272 e. The summed E-state index contributed by atoms with van der Waals surface area (Å²) < 4.78 is 5.62. The zero-order valence-electron chi connectivity index (χ0n) is 12.0. The zero-order valence-corrected chi connectivity index (χ0v) is 12.0. The SMILES string of the molecule is CCNC(C#N)CCOc1cc(C)c([N+](=O)[O-])cc1C. The van der Waals surface area contributed by atoms with Gasteiger partial charge in [0.15, 0.2) is 0 Å². The van der Waals surface area contributed by atoms with Crippen LogP contribution in [0.5, 0.6) is 5.75 Å². The van der Waals surface area contributed by atoms with Crippen LogP contribution in [0.15, 0.2) is 12.1 Å². The Labute approximate surface area is 118 Å². The minimum atomic E-state index is -0.400. The van der Waals surface area contributed by atoms with Crippen LogP contribution in [-0.4, -0.2) is 24.1 Å². The summed E-state index contributed by atoms with van der Waals surface area (Å²) in [6, 6.07) is 5.10. The maximum absolute atomic E-state index is 10.8. The van der Waals surface area contributed by atoms with Gasteiger partial charge in [-0.1, -0.05) is 6.92 Å². The summed E-state index contributed by atoms with van der Waals surface area (Å²) in [4.78, 5) is 10.4. The molecule has 1 atom stereocenters. The van der Waals surface area contributed by atoms with Gasteiger partial charge in [-0.3, -0.25) is 10.1 Å². The molecule has 0 heterocycles. The first-order chi connectivity index (χ1) is 9.49. The number of benzene rings is 1. The summed E-state index contributed by atoms with van der Waals surface area (Å²) in [6.07, 6.45) is 0.569. The van der Waals surface area contributed by atoms with Gasteiger partial charge in [-0.15, -0.1) is 0 Å². The molecule has 1 unspecified atom stereocenters. The summed E-state index contributed by atoms with van der Waals surface area (Å²) in [5, 5.41) is 22.8. The van der Waals surface area contributed by atoms with E-state index in [0.717, 1.165) is 12.1 Å². The molecule has 0 saturated carbocycles. The molecule has 1 rings (SSSR count). The van der Waals surface area contributed by atoms with Crippen molar-refractivity contribution in [3.05, 3.63) is 33.4 Å². The van der Waals surface area contributed by atoms with Crippen molar-refractivity contribution in [3.63, 3.8) is 0 Å². The highest BCUT2D eigenvalue weighted by atomic mass is 16.6. The molecule has 108 valence electrons. The van der Waals surface area contributed by atoms with Crippen molar-refractivity contribution in [1.29, 1.82) is 5.26 Å². The summed E-state index contributed by atoms with van der Waals surface area (Å²) in [5.74, 6) is 0.626. The van der Waals surface area contributed by atoms with Crippen molar-refractivity contribution in [1.82, 2.24) is 5.32 Å². The van der Waals surface area contributed by atoms with Crippen LogP contribution in [-0.2, 0) is 0 Å². The van der Waals surface area contributed by atoms with E-state index in [1.807, 2.05) is 6.92 Å². The Kier molecular flexibility index (Phi) is 5.94. The van der Waals surface area contributed by atoms with Crippen LogP contribution in [0.2, 0.25) is 0 Å². The van der Waals surface area contributed by atoms with Gasteiger partial charge in [0.25, 0.3) is 5.69 Å². The number of nitrogens with one attached hydrogen (secondary N) is 1. The summed E-state index contributed by atoms with van der Waals surface area (Å²) in [5.41, 5.74) is 1.38. The van der Waals surface area contributed by atoms with Crippen molar-refractivity contribution >= 4 is 5.69 Å². The monoisotopic (exact) mass is 277 g/mol. The van der Waals surface area contributed by atoms with E-state index in [9.17, 15) is 10.1 Å². The third kappa shape index (κ3) is 4.21. The number of hydrogen-bond acceptors (Lipinski definition) is 5. The van der Waals surface area contributed by atoms with E-state index in [1.54, 1.807) is 19.9 Å². The molecule has 0 bridgehead atoms. The number of nitro groups is 1. The number of ether oxygens (including phenoxy) is 1. The van der Waals surface area contributed by atoms with Crippen molar-refractivity contribution in [2.24, 2.45) is 0 Å². The molecule has 6 heteroatoms. The van der Waals surface area contributed by atoms with Crippen LogP contribution in [0.3, 0.4) is 0 Å². The minimum absolute atomic E-state index is 0.0948. The standard InChI is InChI=1S/C14H19N3O3/c1-4-16-12(9-15)5-6-20-14-8-10(2)13(17(18)19)7-11(14)3/h7-8,12,16H,4-6H2,1-3H3. The second-order valence-corrected chi connectivity index (χ2v) is 4.54. The van der Waals surface area contributed by atoms with E-state index in [1.165, 1.54) is 6.07 Å². The molecular formula is C14H19N3O3. The van der Waals surface area contributed by atoms with Crippen LogP contribution >= 0.6 is 0 Å². The highest BCUT2D eigenvalue weighted by Crippen LogP contribution is 2.27. The van der Waals surface area contributed by atoms with Crippen molar-refractivity contribution < 1.29 is 9.66 Å². The summed E-state index contributed by atoms with van der Waals surface area (Å²) in [6.45, 7) is 6.52. The fourth-order valence-electron chi connectivity index (χ4n) is 1.87. The molecule has 0 fully saturated rings. The Morgan fingerprint density at radius 2 is 2.15 bits per heavy atom. The number of rotatable bonds is 7. The van der Waals surface area contributed by atoms with E-state index in [-0.39, 0.29) is 11.7 Å². The lowest BCUT2D eigenvalue weighted by molar-refractivity contribution is -0.385. The molecule has 1 N–H and O–H groups in total. The van der Waals surface area contributed by atoms with Crippen molar-refractivity contribution in [3.8, 4) is 11.8 Å². The highest BCUT2D eigenvalue weighted by Gasteiger charge is 2.14. The molecule has 0 aliphatic carbocycles. The quantitative estimate of drug-likeness (QED) is 0.611. The number of nitrogens with zero attached hydrogens (tertiary/aromatic N) is 2. The van der Waals surface area contributed by atoms with Crippen LogP contribution < -0.4 is 10.1 Å². The van der Waals surface area contributed by atoms with Gasteiger partial charge in [0, 0.05) is 18.1 Å². The first-order valence-electron chi connectivity index (χ1n) is 6.51. The zero-order chi connectivity index (χ0) is 15.1. The van der Waals surface area contributed by atoms with Gasteiger partial charge in [-0.25, -0.2) is 0 Å². The lowest BCUT2D eigenvalue weighted by Crippen LogP contribution is -2.28. The third-order valence-corrected chi connectivity index (χ3v) is 2.96. The second kappa shape index (κ2) is 7.46. The van der Waals surface area contributed by atoms with E-state index in [0.29, 0.717) is 24.3 Å². The molecule has 20 heavy (non-hydrogen) atoms. The van der Waals surface area contributed by atoms with Crippen molar-refractivity contribution in [2.75, 3.05) is 13.2 Å². The van der Waals surface area contributed by atoms with Gasteiger partial charge in [0.1, 0.15) is 5.75 Å². The molecular weight excluding hydrogens is 258 g/mol. The lowest BCUT2D eigenvalue weighted by Gasteiger charge is -2.13. The predicted molar refractivity (Wildman–Crippen MR) is 75.8 cm³/mol. The number of nitro benzene ring substituents is 1. The average Bonchev–Trinajstić information content (AvgIpc) is 2.40. The van der Waals surface area contributed by atoms with E-state index >= 15 is 0 Å². The molecule has 0 saturated heterocycles.